The van der Waals surface area contributed by atoms with E-state index in [0.29, 0.717) is 0 Å². The summed E-state index contributed by atoms with van der Waals surface area (Å²) in [5.41, 5.74) is 2.75. The zero-order chi connectivity index (χ0) is 11.5. The fraction of sp³-hybridized carbons (Fsp3) is 0.538. The number of hydrogen-bond acceptors (Lipinski definition) is 2. The van der Waals surface area contributed by atoms with Crippen molar-refractivity contribution >= 4 is 21.6 Å². The van der Waals surface area contributed by atoms with Crippen LogP contribution in [0.15, 0.2) is 22.7 Å². The lowest BCUT2D eigenvalue weighted by Crippen LogP contribution is -2.24. The van der Waals surface area contributed by atoms with E-state index in [1.165, 1.54) is 35.2 Å². The van der Waals surface area contributed by atoms with Gasteiger partial charge in [0.1, 0.15) is 0 Å². The number of anilines is 1. The highest BCUT2D eigenvalue weighted by Gasteiger charge is 2.22. The number of aryl methyl sites for hydroxylation is 1. The van der Waals surface area contributed by atoms with Gasteiger partial charge in [-0.05, 0) is 56.6 Å². The molecule has 1 aromatic carbocycles. The van der Waals surface area contributed by atoms with Crippen molar-refractivity contribution in [3.63, 3.8) is 0 Å². The first-order chi connectivity index (χ1) is 7.70. The van der Waals surface area contributed by atoms with Gasteiger partial charge in [-0.25, -0.2) is 0 Å². The molecule has 0 radical (unpaired) electrons. The van der Waals surface area contributed by atoms with Gasteiger partial charge in [-0.1, -0.05) is 15.9 Å². The van der Waals surface area contributed by atoms with Crippen LogP contribution in [0.1, 0.15) is 12.0 Å². The molecule has 0 bridgehead atoms. The number of nitrogens with one attached hydrogen (secondary N) is 1. The first-order valence-electron chi connectivity index (χ1n) is 5.86. The van der Waals surface area contributed by atoms with E-state index in [0.717, 1.165) is 12.5 Å². The molecule has 1 saturated heterocycles. The summed E-state index contributed by atoms with van der Waals surface area (Å²) in [5.74, 6) is 0.799. The first-order valence-corrected chi connectivity index (χ1v) is 6.65. The minimum Gasteiger partial charge on any atom is -0.371 e. The third kappa shape index (κ3) is 2.58. The van der Waals surface area contributed by atoms with Crippen molar-refractivity contribution in [2.45, 2.75) is 13.3 Å². The molecule has 1 fully saturated rings. The van der Waals surface area contributed by atoms with Crippen LogP contribution in [0.3, 0.4) is 0 Å². The van der Waals surface area contributed by atoms with Crippen LogP contribution in [0.5, 0.6) is 0 Å². The number of rotatable bonds is 3. The molecule has 3 heteroatoms. The first kappa shape index (κ1) is 11.9. The van der Waals surface area contributed by atoms with Gasteiger partial charge in [0.2, 0.25) is 0 Å². The van der Waals surface area contributed by atoms with Gasteiger partial charge in [0.15, 0.2) is 0 Å². The summed E-state index contributed by atoms with van der Waals surface area (Å²) in [7, 11) is 2.04. The van der Waals surface area contributed by atoms with E-state index in [9.17, 15) is 0 Å². The second kappa shape index (κ2) is 5.19. The van der Waals surface area contributed by atoms with E-state index in [-0.39, 0.29) is 0 Å². The Bertz CT molecular complexity index is 365. The van der Waals surface area contributed by atoms with Crippen LogP contribution in [0.2, 0.25) is 0 Å². The normalized spacial score (nSPS) is 20.4. The molecular weight excluding hydrogens is 264 g/mol. The number of benzene rings is 1. The maximum absolute atomic E-state index is 3.51. The predicted molar refractivity (Wildman–Crippen MR) is 73.1 cm³/mol. The van der Waals surface area contributed by atoms with Crippen LogP contribution in [0.4, 0.5) is 5.69 Å². The smallest absolute Gasteiger partial charge is 0.0396 e. The number of halogens is 1. The summed E-state index contributed by atoms with van der Waals surface area (Å²) in [6.07, 6.45) is 1.30. The van der Waals surface area contributed by atoms with Gasteiger partial charge in [-0.3, -0.25) is 0 Å². The number of hydrogen-bond donors (Lipinski definition) is 1. The second-order valence-electron chi connectivity index (χ2n) is 4.59. The molecule has 1 heterocycles. The molecule has 16 heavy (non-hydrogen) atoms. The fourth-order valence-corrected chi connectivity index (χ4v) is 2.96. The van der Waals surface area contributed by atoms with Crippen molar-refractivity contribution in [2.75, 3.05) is 31.6 Å². The van der Waals surface area contributed by atoms with Gasteiger partial charge in [-0.2, -0.15) is 0 Å². The summed E-state index contributed by atoms with van der Waals surface area (Å²) in [4.78, 5) is 2.50. The average molecular weight is 283 g/mol. The van der Waals surface area contributed by atoms with Gasteiger partial charge in [-0.15, -0.1) is 0 Å². The Kier molecular flexibility index (Phi) is 3.87. The minimum absolute atomic E-state index is 0.799. The van der Waals surface area contributed by atoms with Gasteiger partial charge in [0.05, 0.1) is 0 Å². The zero-order valence-electron chi connectivity index (χ0n) is 9.96. The van der Waals surface area contributed by atoms with Gasteiger partial charge in [0.25, 0.3) is 0 Å². The summed E-state index contributed by atoms with van der Waals surface area (Å²) in [5, 5.41) is 3.27. The molecule has 1 N–H and O–H groups in total. The van der Waals surface area contributed by atoms with Crippen LogP contribution < -0.4 is 10.2 Å². The predicted octanol–water partition coefficient (Wildman–Crippen LogP) is 2.80. The molecule has 1 aromatic rings. The average Bonchev–Trinajstić information content (AvgIpc) is 2.67. The molecule has 0 amide bonds. The molecule has 88 valence electrons. The Labute approximate surface area is 106 Å². The topological polar surface area (TPSA) is 15.3 Å². The molecule has 0 aromatic heterocycles. The van der Waals surface area contributed by atoms with Crippen molar-refractivity contribution in [3.05, 3.63) is 28.2 Å². The SMILES string of the molecule is CNCC1CCN(c2ccc(Br)cc2C)C1. The zero-order valence-corrected chi connectivity index (χ0v) is 11.5. The third-order valence-electron chi connectivity index (χ3n) is 3.28. The van der Waals surface area contributed by atoms with Crippen LogP contribution in [-0.2, 0) is 0 Å². The van der Waals surface area contributed by atoms with Crippen molar-refractivity contribution in [1.82, 2.24) is 5.32 Å². The summed E-state index contributed by atoms with van der Waals surface area (Å²) in [6.45, 7) is 5.69. The van der Waals surface area contributed by atoms with E-state index < -0.39 is 0 Å². The highest BCUT2D eigenvalue weighted by Crippen LogP contribution is 2.28. The van der Waals surface area contributed by atoms with Crippen molar-refractivity contribution in [3.8, 4) is 0 Å². The summed E-state index contributed by atoms with van der Waals surface area (Å²) >= 11 is 3.51. The number of nitrogens with zero attached hydrogens (tertiary/aromatic N) is 1. The van der Waals surface area contributed by atoms with E-state index in [1.54, 1.807) is 0 Å². The lowest BCUT2D eigenvalue weighted by molar-refractivity contribution is 0.549. The van der Waals surface area contributed by atoms with Gasteiger partial charge < -0.3 is 10.2 Å². The van der Waals surface area contributed by atoms with E-state index >= 15 is 0 Å². The van der Waals surface area contributed by atoms with Crippen LogP contribution >= 0.6 is 15.9 Å². The molecule has 0 spiro atoms. The molecule has 2 rings (SSSR count). The largest absolute Gasteiger partial charge is 0.371 e. The molecule has 1 atom stereocenters. The van der Waals surface area contributed by atoms with E-state index in [2.05, 4.69) is 51.3 Å². The molecule has 1 aliphatic heterocycles. The second-order valence-corrected chi connectivity index (χ2v) is 5.50. The molecule has 2 nitrogen and oxygen atoms in total. The lowest BCUT2D eigenvalue weighted by atomic mass is 10.1. The van der Waals surface area contributed by atoms with Gasteiger partial charge >= 0.3 is 0 Å². The standard InChI is InChI=1S/C13H19BrN2/c1-10-7-12(14)3-4-13(10)16-6-5-11(9-16)8-15-2/h3-4,7,11,15H,5-6,8-9H2,1-2H3. The van der Waals surface area contributed by atoms with Crippen molar-refractivity contribution in [1.29, 1.82) is 0 Å². The fourth-order valence-electron chi connectivity index (χ4n) is 2.48. The van der Waals surface area contributed by atoms with Crippen LogP contribution in [-0.4, -0.2) is 26.7 Å². The highest BCUT2D eigenvalue weighted by atomic mass is 79.9. The maximum atomic E-state index is 3.51. The Morgan fingerprint density at radius 3 is 3.00 bits per heavy atom. The Morgan fingerprint density at radius 1 is 1.50 bits per heavy atom. The molecular formula is C13H19BrN2. The van der Waals surface area contributed by atoms with Crippen LogP contribution in [0, 0.1) is 12.8 Å². The van der Waals surface area contributed by atoms with E-state index in [1.807, 2.05) is 7.05 Å². The minimum atomic E-state index is 0.799. The van der Waals surface area contributed by atoms with Crippen LogP contribution in [0.25, 0.3) is 0 Å². The Hall–Kier alpha value is -0.540. The maximum Gasteiger partial charge on any atom is 0.0396 e. The monoisotopic (exact) mass is 282 g/mol. The Morgan fingerprint density at radius 2 is 2.31 bits per heavy atom. The molecule has 1 unspecified atom stereocenters. The molecule has 0 saturated carbocycles. The summed E-state index contributed by atoms with van der Waals surface area (Å²) in [6, 6.07) is 6.55. The third-order valence-corrected chi connectivity index (χ3v) is 3.77. The van der Waals surface area contributed by atoms with Crippen molar-refractivity contribution < 1.29 is 0 Å². The summed E-state index contributed by atoms with van der Waals surface area (Å²) < 4.78 is 1.17. The quantitative estimate of drug-likeness (QED) is 0.917. The van der Waals surface area contributed by atoms with Crippen molar-refractivity contribution in [2.24, 2.45) is 5.92 Å². The lowest BCUT2D eigenvalue weighted by Gasteiger charge is -2.21. The molecule has 1 aliphatic rings. The molecule has 0 aliphatic carbocycles. The highest BCUT2D eigenvalue weighted by molar-refractivity contribution is 9.10. The van der Waals surface area contributed by atoms with Gasteiger partial charge in [0, 0.05) is 23.2 Å². The van der Waals surface area contributed by atoms with E-state index in [4.69, 9.17) is 0 Å². The Balaban J connectivity index is 2.08.